The Morgan fingerprint density at radius 2 is 1.79 bits per heavy atom. The summed E-state index contributed by atoms with van der Waals surface area (Å²) in [5.41, 5.74) is 8.04. The Kier molecular flexibility index (Phi) is 6.03. The summed E-state index contributed by atoms with van der Waals surface area (Å²) in [6, 6.07) is 7.98. The van der Waals surface area contributed by atoms with E-state index >= 15 is 0 Å². The quantitative estimate of drug-likeness (QED) is 0.824. The second kappa shape index (κ2) is 7.29. The Bertz CT molecular complexity index is 398. The molecule has 0 bridgehead atoms. The molecule has 1 aromatic carbocycles. The average Bonchev–Trinajstić information content (AvgIpc) is 2.38. The lowest BCUT2D eigenvalue weighted by Gasteiger charge is -2.15. The number of carbonyl (C=O) groups excluding carboxylic acids is 1. The molecule has 3 heteroatoms. The van der Waals surface area contributed by atoms with E-state index in [1.165, 1.54) is 5.56 Å². The van der Waals surface area contributed by atoms with Crippen LogP contribution in [-0.4, -0.2) is 11.9 Å². The van der Waals surface area contributed by atoms with Crippen LogP contribution in [0.3, 0.4) is 0 Å². The molecule has 0 aromatic heterocycles. The van der Waals surface area contributed by atoms with Gasteiger partial charge < -0.3 is 11.1 Å². The van der Waals surface area contributed by atoms with Crippen LogP contribution in [0.1, 0.15) is 52.0 Å². The van der Waals surface area contributed by atoms with E-state index in [-0.39, 0.29) is 11.9 Å². The van der Waals surface area contributed by atoms with Crippen LogP contribution in [0.4, 0.5) is 5.69 Å². The highest BCUT2D eigenvalue weighted by molar-refractivity contribution is 5.91. The molecular weight excluding hydrogens is 236 g/mol. The first-order valence-electron chi connectivity index (χ1n) is 7.09. The van der Waals surface area contributed by atoms with Gasteiger partial charge in [0.05, 0.1) is 0 Å². The van der Waals surface area contributed by atoms with E-state index in [1.807, 2.05) is 26.0 Å². The van der Waals surface area contributed by atoms with Crippen molar-refractivity contribution in [3.05, 3.63) is 29.8 Å². The van der Waals surface area contributed by atoms with E-state index in [0.29, 0.717) is 18.3 Å². The maximum absolute atomic E-state index is 11.8. The molecule has 19 heavy (non-hydrogen) atoms. The number of rotatable bonds is 6. The van der Waals surface area contributed by atoms with Gasteiger partial charge >= 0.3 is 0 Å². The van der Waals surface area contributed by atoms with Crippen molar-refractivity contribution in [3.8, 4) is 0 Å². The van der Waals surface area contributed by atoms with Gasteiger partial charge in [-0.2, -0.15) is 0 Å². The Balaban J connectivity index is 2.56. The van der Waals surface area contributed by atoms with Crippen molar-refractivity contribution < 1.29 is 4.79 Å². The van der Waals surface area contributed by atoms with Crippen LogP contribution < -0.4 is 11.1 Å². The minimum atomic E-state index is -0.0839. The van der Waals surface area contributed by atoms with Gasteiger partial charge in [0.2, 0.25) is 5.91 Å². The molecule has 0 spiro atoms. The van der Waals surface area contributed by atoms with Crippen molar-refractivity contribution in [2.24, 2.45) is 11.7 Å². The molecule has 3 N–H and O–H groups in total. The Morgan fingerprint density at radius 1 is 1.21 bits per heavy atom. The van der Waals surface area contributed by atoms with Crippen LogP contribution in [0.5, 0.6) is 0 Å². The normalized spacial score (nSPS) is 14.2. The topological polar surface area (TPSA) is 55.1 Å². The molecule has 106 valence electrons. The summed E-state index contributed by atoms with van der Waals surface area (Å²) in [6.07, 6.45) is 1.49. The Labute approximate surface area is 116 Å². The van der Waals surface area contributed by atoms with Gasteiger partial charge in [-0.25, -0.2) is 0 Å². The van der Waals surface area contributed by atoms with Gasteiger partial charge in [0.15, 0.2) is 0 Å². The summed E-state index contributed by atoms with van der Waals surface area (Å²) in [4.78, 5) is 11.8. The van der Waals surface area contributed by atoms with Gasteiger partial charge in [-0.15, -0.1) is 0 Å². The molecule has 0 saturated carbocycles. The monoisotopic (exact) mass is 262 g/mol. The van der Waals surface area contributed by atoms with Crippen LogP contribution >= 0.6 is 0 Å². The zero-order valence-electron chi connectivity index (χ0n) is 12.4. The van der Waals surface area contributed by atoms with Gasteiger partial charge in [0.1, 0.15) is 0 Å². The lowest BCUT2D eigenvalue weighted by Crippen LogP contribution is -2.31. The average molecular weight is 262 g/mol. The highest BCUT2D eigenvalue weighted by Gasteiger charge is 2.13. The van der Waals surface area contributed by atoms with E-state index in [0.717, 1.165) is 12.1 Å². The minimum Gasteiger partial charge on any atom is -0.327 e. The molecule has 0 radical (unpaired) electrons. The zero-order chi connectivity index (χ0) is 14.4. The van der Waals surface area contributed by atoms with Crippen molar-refractivity contribution in [3.63, 3.8) is 0 Å². The number of benzene rings is 1. The highest BCUT2D eigenvalue weighted by atomic mass is 16.1. The predicted octanol–water partition coefficient (Wildman–Crippen LogP) is 3.51. The lowest BCUT2D eigenvalue weighted by molar-refractivity contribution is -0.116. The van der Waals surface area contributed by atoms with Gasteiger partial charge in [0.25, 0.3) is 0 Å². The smallest absolute Gasteiger partial charge is 0.225 e. The number of nitrogens with one attached hydrogen (secondary N) is 1. The molecule has 3 nitrogen and oxygen atoms in total. The first-order chi connectivity index (χ1) is 8.93. The van der Waals surface area contributed by atoms with Crippen LogP contribution in [0, 0.1) is 5.92 Å². The molecule has 0 fully saturated rings. The molecule has 1 amide bonds. The van der Waals surface area contributed by atoms with E-state index in [4.69, 9.17) is 5.73 Å². The third kappa shape index (κ3) is 5.03. The SMILES string of the molecule is CCC(C)c1ccc(NC(=O)CC(N)C(C)C)cc1. The molecule has 0 aliphatic carbocycles. The number of amides is 1. The molecule has 0 aliphatic rings. The summed E-state index contributed by atoms with van der Waals surface area (Å²) < 4.78 is 0. The zero-order valence-corrected chi connectivity index (χ0v) is 12.4. The summed E-state index contributed by atoms with van der Waals surface area (Å²) in [6.45, 7) is 8.43. The third-order valence-corrected chi connectivity index (χ3v) is 3.65. The van der Waals surface area contributed by atoms with Crippen LogP contribution in [0.2, 0.25) is 0 Å². The van der Waals surface area contributed by atoms with E-state index < -0.39 is 0 Å². The van der Waals surface area contributed by atoms with Gasteiger partial charge in [-0.3, -0.25) is 4.79 Å². The molecular formula is C16H26N2O. The Morgan fingerprint density at radius 3 is 2.26 bits per heavy atom. The summed E-state index contributed by atoms with van der Waals surface area (Å²) in [7, 11) is 0. The fraction of sp³-hybridized carbons (Fsp3) is 0.562. The lowest BCUT2D eigenvalue weighted by atomic mass is 9.98. The molecule has 1 rings (SSSR count). The Hall–Kier alpha value is -1.35. The van der Waals surface area contributed by atoms with Crippen molar-refractivity contribution in [1.29, 1.82) is 0 Å². The molecule has 2 atom stereocenters. The number of carbonyl (C=O) groups is 1. The van der Waals surface area contributed by atoms with E-state index in [2.05, 4.69) is 31.3 Å². The molecule has 0 saturated heterocycles. The van der Waals surface area contributed by atoms with Crippen molar-refractivity contribution in [1.82, 2.24) is 0 Å². The summed E-state index contributed by atoms with van der Waals surface area (Å²) >= 11 is 0. The molecule has 2 unspecified atom stereocenters. The predicted molar refractivity (Wildman–Crippen MR) is 81.2 cm³/mol. The van der Waals surface area contributed by atoms with Gasteiger partial charge in [-0.1, -0.05) is 39.8 Å². The minimum absolute atomic E-state index is 0.0162. The second-order valence-corrected chi connectivity index (χ2v) is 5.59. The number of hydrogen-bond acceptors (Lipinski definition) is 2. The van der Waals surface area contributed by atoms with Crippen molar-refractivity contribution in [2.75, 3.05) is 5.32 Å². The fourth-order valence-electron chi connectivity index (χ4n) is 1.79. The largest absolute Gasteiger partial charge is 0.327 e. The highest BCUT2D eigenvalue weighted by Crippen LogP contribution is 2.20. The third-order valence-electron chi connectivity index (χ3n) is 3.65. The number of anilines is 1. The fourth-order valence-corrected chi connectivity index (χ4v) is 1.79. The molecule has 0 heterocycles. The maximum Gasteiger partial charge on any atom is 0.225 e. The van der Waals surface area contributed by atoms with Crippen LogP contribution in [0.15, 0.2) is 24.3 Å². The second-order valence-electron chi connectivity index (χ2n) is 5.59. The number of hydrogen-bond donors (Lipinski definition) is 2. The van der Waals surface area contributed by atoms with Gasteiger partial charge in [-0.05, 0) is 36.0 Å². The summed E-state index contributed by atoms with van der Waals surface area (Å²) in [5, 5.41) is 2.89. The maximum atomic E-state index is 11.8. The van der Waals surface area contributed by atoms with E-state index in [1.54, 1.807) is 0 Å². The first-order valence-corrected chi connectivity index (χ1v) is 7.09. The number of nitrogens with two attached hydrogens (primary N) is 1. The van der Waals surface area contributed by atoms with E-state index in [9.17, 15) is 4.79 Å². The summed E-state index contributed by atoms with van der Waals surface area (Å²) in [5.74, 6) is 0.857. The molecule has 0 aliphatic heterocycles. The van der Waals surface area contributed by atoms with Crippen molar-refractivity contribution >= 4 is 11.6 Å². The first kappa shape index (κ1) is 15.7. The van der Waals surface area contributed by atoms with Gasteiger partial charge in [0, 0.05) is 18.2 Å². The van der Waals surface area contributed by atoms with Crippen molar-refractivity contribution in [2.45, 2.75) is 52.5 Å². The molecule has 1 aromatic rings. The van der Waals surface area contributed by atoms with Crippen LogP contribution in [-0.2, 0) is 4.79 Å². The standard InChI is InChI=1S/C16H26N2O/c1-5-12(4)13-6-8-14(9-7-13)18-16(19)10-15(17)11(2)3/h6-9,11-12,15H,5,10,17H2,1-4H3,(H,18,19). The van der Waals surface area contributed by atoms with Crippen LogP contribution in [0.25, 0.3) is 0 Å².